The number of nitro groups is 1. The standard InChI is InChI=1S/C13H20N2O4/c1-13(2,3)12(14)8-6-10(18-4)11(19-5)7-9(8)15(16)17/h6-7,12H,14H2,1-5H3/t12-/m1/s1. The second-order valence-electron chi connectivity index (χ2n) is 5.37. The van der Waals surface area contributed by atoms with Crippen LogP contribution in [-0.4, -0.2) is 19.1 Å². The van der Waals surface area contributed by atoms with Gasteiger partial charge >= 0.3 is 0 Å². The van der Waals surface area contributed by atoms with Crippen molar-refractivity contribution in [1.29, 1.82) is 0 Å². The Bertz CT molecular complexity index is 480. The number of ether oxygens (including phenoxy) is 2. The van der Waals surface area contributed by atoms with E-state index in [2.05, 4.69) is 0 Å². The van der Waals surface area contributed by atoms with Gasteiger partial charge in [-0.25, -0.2) is 0 Å². The summed E-state index contributed by atoms with van der Waals surface area (Å²) in [4.78, 5) is 10.7. The maximum Gasteiger partial charge on any atom is 0.278 e. The summed E-state index contributed by atoms with van der Waals surface area (Å²) in [6, 6.07) is 2.44. The van der Waals surface area contributed by atoms with Gasteiger partial charge in [0.05, 0.1) is 30.8 Å². The molecule has 0 saturated heterocycles. The Morgan fingerprint density at radius 3 is 2.05 bits per heavy atom. The fraction of sp³-hybridized carbons (Fsp3) is 0.538. The third kappa shape index (κ3) is 3.14. The molecule has 1 aromatic rings. The zero-order chi connectivity index (χ0) is 14.8. The van der Waals surface area contributed by atoms with Crippen molar-refractivity contribution in [3.8, 4) is 11.5 Å². The van der Waals surface area contributed by atoms with Crippen LogP contribution >= 0.6 is 0 Å². The predicted octanol–water partition coefficient (Wildman–Crippen LogP) is 2.66. The van der Waals surface area contributed by atoms with Crippen LogP contribution in [0.25, 0.3) is 0 Å². The number of nitro benzene ring substituents is 1. The zero-order valence-electron chi connectivity index (χ0n) is 11.9. The summed E-state index contributed by atoms with van der Waals surface area (Å²) in [7, 11) is 2.92. The number of methoxy groups -OCH3 is 2. The molecule has 0 amide bonds. The summed E-state index contributed by atoms with van der Waals surface area (Å²) in [5.74, 6) is 0.752. The molecule has 1 rings (SSSR count). The lowest BCUT2D eigenvalue weighted by atomic mass is 9.82. The third-order valence-corrected chi connectivity index (χ3v) is 3.00. The van der Waals surface area contributed by atoms with E-state index in [0.29, 0.717) is 17.1 Å². The molecule has 0 saturated carbocycles. The Morgan fingerprint density at radius 1 is 1.21 bits per heavy atom. The second-order valence-corrected chi connectivity index (χ2v) is 5.37. The Balaban J connectivity index is 3.48. The summed E-state index contributed by atoms with van der Waals surface area (Å²) in [6.45, 7) is 5.79. The molecule has 106 valence electrons. The molecule has 0 aliphatic heterocycles. The van der Waals surface area contributed by atoms with Crippen LogP contribution in [0, 0.1) is 15.5 Å². The molecule has 6 heteroatoms. The highest BCUT2D eigenvalue weighted by Gasteiger charge is 2.30. The van der Waals surface area contributed by atoms with Crippen molar-refractivity contribution in [3.05, 3.63) is 27.8 Å². The smallest absolute Gasteiger partial charge is 0.278 e. The summed E-state index contributed by atoms with van der Waals surface area (Å²) in [5, 5.41) is 11.2. The molecule has 19 heavy (non-hydrogen) atoms. The largest absolute Gasteiger partial charge is 0.493 e. The highest BCUT2D eigenvalue weighted by molar-refractivity contribution is 5.55. The van der Waals surface area contributed by atoms with Gasteiger partial charge in [0, 0.05) is 6.04 Å². The molecule has 1 atom stereocenters. The van der Waals surface area contributed by atoms with E-state index in [1.54, 1.807) is 6.07 Å². The maximum absolute atomic E-state index is 11.2. The van der Waals surface area contributed by atoms with E-state index < -0.39 is 11.0 Å². The van der Waals surface area contributed by atoms with E-state index >= 15 is 0 Å². The first-order valence-electron chi connectivity index (χ1n) is 5.88. The quantitative estimate of drug-likeness (QED) is 0.670. The minimum Gasteiger partial charge on any atom is -0.493 e. The molecule has 1 aromatic carbocycles. The Hall–Kier alpha value is -1.82. The topological polar surface area (TPSA) is 87.6 Å². The summed E-state index contributed by atoms with van der Waals surface area (Å²) >= 11 is 0. The Kier molecular flexibility index (Phi) is 4.36. The van der Waals surface area contributed by atoms with E-state index in [9.17, 15) is 10.1 Å². The predicted molar refractivity (Wildman–Crippen MR) is 72.6 cm³/mol. The molecule has 0 heterocycles. The van der Waals surface area contributed by atoms with Crippen molar-refractivity contribution in [3.63, 3.8) is 0 Å². The van der Waals surface area contributed by atoms with E-state index in [-0.39, 0.29) is 11.1 Å². The number of benzene rings is 1. The Morgan fingerprint density at radius 2 is 1.68 bits per heavy atom. The molecule has 0 spiro atoms. The number of hydrogen-bond donors (Lipinski definition) is 1. The first-order chi connectivity index (χ1) is 8.72. The van der Waals surface area contributed by atoms with Gasteiger partial charge in [0.2, 0.25) is 0 Å². The van der Waals surface area contributed by atoms with Crippen LogP contribution in [0.1, 0.15) is 32.4 Å². The summed E-state index contributed by atoms with van der Waals surface area (Å²) < 4.78 is 10.2. The first kappa shape index (κ1) is 15.2. The van der Waals surface area contributed by atoms with Gasteiger partial charge in [0.1, 0.15) is 0 Å². The number of nitrogens with zero attached hydrogens (tertiary/aromatic N) is 1. The lowest BCUT2D eigenvalue weighted by Gasteiger charge is -2.27. The van der Waals surface area contributed by atoms with Gasteiger partial charge in [-0.15, -0.1) is 0 Å². The average molecular weight is 268 g/mol. The fourth-order valence-electron chi connectivity index (χ4n) is 1.76. The van der Waals surface area contributed by atoms with Crippen molar-refractivity contribution in [2.24, 2.45) is 11.1 Å². The molecular formula is C13H20N2O4. The zero-order valence-corrected chi connectivity index (χ0v) is 11.9. The van der Waals surface area contributed by atoms with E-state index in [1.807, 2.05) is 20.8 Å². The minimum atomic E-state index is -0.479. The average Bonchev–Trinajstić information content (AvgIpc) is 2.34. The van der Waals surface area contributed by atoms with Crippen molar-refractivity contribution < 1.29 is 14.4 Å². The lowest BCUT2D eigenvalue weighted by molar-refractivity contribution is -0.386. The Labute approximate surface area is 112 Å². The van der Waals surface area contributed by atoms with Crippen LogP contribution in [0.15, 0.2) is 12.1 Å². The molecule has 0 fully saturated rings. The molecule has 0 aliphatic carbocycles. The first-order valence-corrected chi connectivity index (χ1v) is 5.88. The van der Waals surface area contributed by atoms with E-state index in [1.165, 1.54) is 20.3 Å². The van der Waals surface area contributed by atoms with Gasteiger partial charge in [-0.05, 0) is 11.5 Å². The van der Waals surface area contributed by atoms with Crippen LogP contribution in [0.3, 0.4) is 0 Å². The van der Waals surface area contributed by atoms with Crippen LogP contribution in [0.4, 0.5) is 5.69 Å². The monoisotopic (exact) mass is 268 g/mol. The molecule has 0 aromatic heterocycles. The number of rotatable bonds is 4. The normalized spacial score (nSPS) is 12.9. The van der Waals surface area contributed by atoms with Gasteiger partial charge in [0.25, 0.3) is 5.69 Å². The van der Waals surface area contributed by atoms with Crippen molar-refractivity contribution in [1.82, 2.24) is 0 Å². The van der Waals surface area contributed by atoms with Crippen LogP contribution in [0.5, 0.6) is 11.5 Å². The van der Waals surface area contributed by atoms with Crippen molar-refractivity contribution in [2.75, 3.05) is 14.2 Å². The lowest BCUT2D eigenvalue weighted by Crippen LogP contribution is -2.27. The molecule has 6 nitrogen and oxygen atoms in total. The fourth-order valence-corrected chi connectivity index (χ4v) is 1.76. The van der Waals surface area contributed by atoms with Crippen LogP contribution < -0.4 is 15.2 Å². The highest BCUT2D eigenvalue weighted by atomic mass is 16.6. The summed E-state index contributed by atoms with van der Waals surface area (Å²) in [5.41, 5.74) is 6.21. The van der Waals surface area contributed by atoms with Gasteiger partial charge in [-0.3, -0.25) is 10.1 Å². The van der Waals surface area contributed by atoms with Crippen molar-refractivity contribution in [2.45, 2.75) is 26.8 Å². The molecule has 0 unspecified atom stereocenters. The molecule has 0 radical (unpaired) electrons. The molecule has 2 N–H and O–H groups in total. The number of hydrogen-bond acceptors (Lipinski definition) is 5. The summed E-state index contributed by atoms with van der Waals surface area (Å²) in [6.07, 6.45) is 0. The number of nitrogens with two attached hydrogens (primary N) is 1. The van der Waals surface area contributed by atoms with E-state index in [0.717, 1.165) is 0 Å². The molecule has 0 aliphatic rings. The van der Waals surface area contributed by atoms with Crippen LogP contribution in [0.2, 0.25) is 0 Å². The third-order valence-electron chi connectivity index (χ3n) is 3.00. The van der Waals surface area contributed by atoms with Crippen LogP contribution in [-0.2, 0) is 0 Å². The highest BCUT2D eigenvalue weighted by Crippen LogP contribution is 2.41. The van der Waals surface area contributed by atoms with Crippen molar-refractivity contribution >= 4 is 5.69 Å². The van der Waals surface area contributed by atoms with Gasteiger partial charge in [-0.1, -0.05) is 20.8 Å². The van der Waals surface area contributed by atoms with Gasteiger partial charge in [-0.2, -0.15) is 0 Å². The maximum atomic E-state index is 11.2. The SMILES string of the molecule is COc1cc([C@@H](N)C(C)(C)C)c([N+](=O)[O-])cc1OC. The van der Waals surface area contributed by atoms with Gasteiger partial charge in [0.15, 0.2) is 11.5 Å². The molecule has 0 bridgehead atoms. The minimum absolute atomic E-state index is 0.0555. The second kappa shape index (κ2) is 5.44. The van der Waals surface area contributed by atoms with E-state index in [4.69, 9.17) is 15.2 Å². The van der Waals surface area contributed by atoms with Gasteiger partial charge < -0.3 is 15.2 Å². The molecular weight excluding hydrogens is 248 g/mol.